The standard InChI is InChI=1S/C24H30ClN3O4S/c1-31-24(32-2)20-8-6-19(7-9-20)21(5-3-4-15-28-16-14-26-18-28)17-27-33(29,30)23-12-10-22(25)11-13-23/h6-14,16,18,21,24,27H,3-5,15,17H2,1-2H3. The van der Waals surface area contributed by atoms with E-state index in [-0.39, 0.29) is 10.8 Å². The van der Waals surface area contributed by atoms with Gasteiger partial charge in [-0.05, 0) is 48.6 Å². The van der Waals surface area contributed by atoms with Crippen LogP contribution in [0.1, 0.15) is 42.6 Å². The van der Waals surface area contributed by atoms with Crippen LogP contribution in [0.2, 0.25) is 5.02 Å². The fourth-order valence-electron chi connectivity index (χ4n) is 3.69. The zero-order chi connectivity index (χ0) is 23.7. The van der Waals surface area contributed by atoms with Gasteiger partial charge in [-0.15, -0.1) is 0 Å². The van der Waals surface area contributed by atoms with Gasteiger partial charge in [0.2, 0.25) is 10.0 Å². The summed E-state index contributed by atoms with van der Waals surface area (Å²) in [7, 11) is -0.449. The molecule has 0 saturated heterocycles. The number of aryl methyl sites for hydroxylation is 1. The summed E-state index contributed by atoms with van der Waals surface area (Å²) in [5, 5.41) is 0.496. The fourth-order valence-corrected chi connectivity index (χ4v) is 4.90. The summed E-state index contributed by atoms with van der Waals surface area (Å²) in [6.45, 7) is 1.18. The predicted molar refractivity (Wildman–Crippen MR) is 129 cm³/mol. The van der Waals surface area contributed by atoms with Crippen molar-refractivity contribution in [3.8, 4) is 0 Å². The summed E-state index contributed by atoms with van der Waals surface area (Å²) in [5.74, 6) is 0.0208. The van der Waals surface area contributed by atoms with Crippen LogP contribution in [-0.2, 0) is 26.0 Å². The van der Waals surface area contributed by atoms with Gasteiger partial charge in [0.25, 0.3) is 0 Å². The molecule has 0 aliphatic carbocycles. The molecular weight excluding hydrogens is 462 g/mol. The number of aromatic nitrogens is 2. The zero-order valence-corrected chi connectivity index (χ0v) is 20.4. The van der Waals surface area contributed by atoms with Crippen molar-refractivity contribution in [2.75, 3.05) is 20.8 Å². The van der Waals surface area contributed by atoms with E-state index in [0.29, 0.717) is 11.6 Å². The second-order valence-electron chi connectivity index (χ2n) is 7.77. The van der Waals surface area contributed by atoms with Crippen molar-refractivity contribution in [2.45, 2.75) is 42.9 Å². The Kier molecular flexibility index (Phi) is 9.46. The fraction of sp³-hybridized carbons (Fsp3) is 0.375. The molecule has 1 heterocycles. The molecular formula is C24H30ClN3O4S. The lowest BCUT2D eigenvalue weighted by molar-refractivity contribution is -0.106. The van der Waals surface area contributed by atoms with Crippen molar-refractivity contribution in [2.24, 2.45) is 0 Å². The molecule has 0 radical (unpaired) electrons. The second-order valence-corrected chi connectivity index (χ2v) is 9.97. The molecule has 1 N–H and O–H groups in total. The number of imidazole rings is 1. The number of hydrogen-bond acceptors (Lipinski definition) is 5. The molecule has 0 aliphatic heterocycles. The van der Waals surface area contributed by atoms with E-state index in [1.54, 1.807) is 38.9 Å². The minimum Gasteiger partial charge on any atom is -0.352 e. The Morgan fingerprint density at radius 2 is 1.67 bits per heavy atom. The van der Waals surface area contributed by atoms with E-state index in [4.69, 9.17) is 21.1 Å². The van der Waals surface area contributed by atoms with Crippen molar-refractivity contribution in [1.82, 2.24) is 14.3 Å². The minimum absolute atomic E-state index is 0.0208. The van der Waals surface area contributed by atoms with Gasteiger partial charge in [-0.2, -0.15) is 0 Å². The van der Waals surface area contributed by atoms with Crippen LogP contribution in [0.3, 0.4) is 0 Å². The quantitative estimate of drug-likeness (QED) is 0.275. The van der Waals surface area contributed by atoms with Crippen molar-refractivity contribution in [3.63, 3.8) is 0 Å². The van der Waals surface area contributed by atoms with Gasteiger partial charge in [-0.25, -0.2) is 18.1 Å². The minimum atomic E-state index is -3.64. The lowest BCUT2D eigenvalue weighted by Gasteiger charge is -2.20. The van der Waals surface area contributed by atoms with Gasteiger partial charge in [-0.1, -0.05) is 42.3 Å². The molecule has 0 amide bonds. The molecule has 178 valence electrons. The Balaban J connectivity index is 1.69. The molecule has 0 saturated carbocycles. The second kappa shape index (κ2) is 12.3. The smallest absolute Gasteiger partial charge is 0.240 e. The van der Waals surface area contributed by atoms with E-state index in [0.717, 1.165) is 36.9 Å². The monoisotopic (exact) mass is 491 g/mol. The van der Waals surface area contributed by atoms with Crippen molar-refractivity contribution in [3.05, 3.63) is 83.4 Å². The van der Waals surface area contributed by atoms with Gasteiger partial charge in [0.15, 0.2) is 6.29 Å². The maximum Gasteiger partial charge on any atom is 0.240 e. The highest BCUT2D eigenvalue weighted by molar-refractivity contribution is 7.89. The van der Waals surface area contributed by atoms with Crippen LogP contribution in [0.5, 0.6) is 0 Å². The number of unbranched alkanes of at least 4 members (excludes halogenated alkanes) is 1. The molecule has 33 heavy (non-hydrogen) atoms. The van der Waals surface area contributed by atoms with Gasteiger partial charge in [-0.3, -0.25) is 0 Å². The normalized spacial score (nSPS) is 12.8. The lowest BCUT2D eigenvalue weighted by atomic mass is 9.93. The van der Waals surface area contributed by atoms with E-state index >= 15 is 0 Å². The molecule has 9 heteroatoms. The van der Waals surface area contributed by atoms with Crippen molar-refractivity contribution in [1.29, 1.82) is 0 Å². The Labute approximate surface area is 200 Å². The zero-order valence-electron chi connectivity index (χ0n) is 18.9. The molecule has 1 aromatic heterocycles. The first-order valence-corrected chi connectivity index (χ1v) is 12.7. The molecule has 0 fully saturated rings. The van der Waals surface area contributed by atoms with Crippen LogP contribution in [0.25, 0.3) is 0 Å². The maximum atomic E-state index is 12.8. The number of rotatable bonds is 13. The van der Waals surface area contributed by atoms with E-state index in [1.807, 2.05) is 35.0 Å². The summed E-state index contributed by atoms with van der Waals surface area (Å²) in [6.07, 6.45) is 7.85. The highest BCUT2D eigenvalue weighted by atomic mass is 35.5. The molecule has 3 aromatic rings. The van der Waals surface area contributed by atoms with Gasteiger partial charge in [0.1, 0.15) is 0 Å². The van der Waals surface area contributed by atoms with Crippen LogP contribution >= 0.6 is 11.6 Å². The highest BCUT2D eigenvalue weighted by Crippen LogP contribution is 2.26. The van der Waals surface area contributed by atoms with E-state index < -0.39 is 16.3 Å². The largest absolute Gasteiger partial charge is 0.352 e. The molecule has 3 rings (SSSR count). The number of nitrogens with zero attached hydrogens (tertiary/aromatic N) is 2. The maximum absolute atomic E-state index is 12.8. The van der Waals surface area contributed by atoms with Crippen LogP contribution in [0.15, 0.2) is 72.1 Å². The molecule has 0 aliphatic rings. The summed E-state index contributed by atoms with van der Waals surface area (Å²) >= 11 is 5.89. The number of sulfonamides is 1. The van der Waals surface area contributed by atoms with Gasteiger partial charge >= 0.3 is 0 Å². The Bertz CT molecular complexity index is 1070. The third-order valence-electron chi connectivity index (χ3n) is 5.53. The molecule has 1 unspecified atom stereocenters. The summed E-state index contributed by atoms with van der Waals surface area (Å²) in [5.41, 5.74) is 1.97. The van der Waals surface area contributed by atoms with Crippen LogP contribution < -0.4 is 4.72 Å². The van der Waals surface area contributed by atoms with Gasteiger partial charge in [0.05, 0.1) is 11.2 Å². The van der Waals surface area contributed by atoms with Crippen LogP contribution in [-0.4, -0.2) is 38.7 Å². The number of hydrogen-bond donors (Lipinski definition) is 1. The third-order valence-corrected chi connectivity index (χ3v) is 7.22. The number of ether oxygens (including phenoxy) is 2. The van der Waals surface area contributed by atoms with Crippen LogP contribution in [0.4, 0.5) is 0 Å². The number of halogens is 1. The average molecular weight is 492 g/mol. The number of benzene rings is 2. The molecule has 0 spiro atoms. The summed E-state index contributed by atoms with van der Waals surface area (Å²) in [6, 6.07) is 14.1. The first kappa shape index (κ1) is 25.4. The lowest BCUT2D eigenvalue weighted by Crippen LogP contribution is -2.28. The first-order chi connectivity index (χ1) is 15.9. The molecule has 0 bridgehead atoms. The van der Waals surface area contributed by atoms with E-state index in [1.165, 1.54) is 12.1 Å². The van der Waals surface area contributed by atoms with Crippen molar-refractivity contribution < 1.29 is 17.9 Å². The molecule has 7 nitrogen and oxygen atoms in total. The average Bonchev–Trinajstić information content (AvgIpc) is 3.34. The predicted octanol–water partition coefficient (Wildman–Crippen LogP) is 4.76. The summed E-state index contributed by atoms with van der Waals surface area (Å²) < 4.78 is 41.0. The van der Waals surface area contributed by atoms with Crippen LogP contribution in [0, 0.1) is 0 Å². The van der Waals surface area contributed by atoms with Gasteiger partial charge in [0, 0.05) is 50.3 Å². The van der Waals surface area contributed by atoms with E-state index in [9.17, 15) is 8.42 Å². The Morgan fingerprint density at radius 1 is 1.00 bits per heavy atom. The first-order valence-electron chi connectivity index (χ1n) is 10.8. The highest BCUT2D eigenvalue weighted by Gasteiger charge is 2.19. The topological polar surface area (TPSA) is 82.4 Å². The van der Waals surface area contributed by atoms with E-state index in [2.05, 4.69) is 9.71 Å². The number of methoxy groups -OCH3 is 2. The Hall–Kier alpha value is -2.23. The number of nitrogens with one attached hydrogen (secondary N) is 1. The molecule has 1 atom stereocenters. The van der Waals surface area contributed by atoms with Gasteiger partial charge < -0.3 is 14.0 Å². The molecule has 2 aromatic carbocycles. The Morgan fingerprint density at radius 3 is 2.27 bits per heavy atom. The summed E-state index contributed by atoms with van der Waals surface area (Å²) in [4.78, 5) is 4.27. The third kappa shape index (κ3) is 7.38. The van der Waals surface area contributed by atoms with Crippen molar-refractivity contribution >= 4 is 21.6 Å². The SMILES string of the molecule is COC(OC)c1ccc(C(CCCCn2ccnc2)CNS(=O)(=O)c2ccc(Cl)cc2)cc1.